The van der Waals surface area contributed by atoms with E-state index in [1.807, 2.05) is 0 Å². The van der Waals surface area contributed by atoms with Gasteiger partial charge in [-0.15, -0.1) is 0 Å². The summed E-state index contributed by atoms with van der Waals surface area (Å²) in [5.74, 6) is 0. The molecule has 0 unspecified atom stereocenters. The third-order valence-electron chi connectivity index (χ3n) is 6.53. The summed E-state index contributed by atoms with van der Waals surface area (Å²) >= 11 is 0. The van der Waals surface area contributed by atoms with Crippen LogP contribution in [0.2, 0.25) is 0 Å². The first-order valence-corrected chi connectivity index (χ1v) is 13.5. The van der Waals surface area contributed by atoms with Crippen molar-refractivity contribution in [3.8, 4) is 0 Å². The van der Waals surface area contributed by atoms with Crippen LogP contribution in [0.5, 0.6) is 0 Å². The summed E-state index contributed by atoms with van der Waals surface area (Å²) in [6.07, 6.45) is 27.2. The lowest BCUT2D eigenvalue weighted by Gasteiger charge is -2.38. The maximum Gasteiger partial charge on any atom is 0.102 e. The molecule has 0 saturated heterocycles. The molecule has 0 saturated carbocycles. The zero-order chi connectivity index (χ0) is 22.2. The van der Waals surface area contributed by atoms with Gasteiger partial charge in [0.1, 0.15) is 13.1 Å². The highest BCUT2D eigenvalue weighted by Gasteiger charge is 2.25. The highest BCUT2D eigenvalue weighted by atomic mass is 35.5. The Morgan fingerprint density at radius 3 is 1.29 bits per heavy atom. The Labute approximate surface area is 201 Å². The maximum absolute atomic E-state index is 9.52. The van der Waals surface area contributed by atoms with Crippen LogP contribution in [0.15, 0.2) is 12.2 Å². The lowest BCUT2D eigenvalue weighted by atomic mass is 10.1. The van der Waals surface area contributed by atoms with Crippen molar-refractivity contribution in [2.45, 2.75) is 123 Å². The molecule has 0 aromatic rings. The van der Waals surface area contributed by atoms with Gasteiger partial charge in [-0.2, -0.15) is 0 Å². The molecule has 0 aromatic heterocycles. The van der Waals surface area contributed by atoms with Crippen molar-refractivity contribution in [2.75, 3.05) is 39.4 Å². The van der Waals surface area contributed by atoms with Gasteiger partial charge in [-0.3, -0.25) is 0 Å². The summed E-state index contributed by atoms with van der Waals surface area (Å²) in [6.45, 7) is 8.81. The highest BCUT2D eigenvalue weighted by Crippen LogP contribution is 2.15. The average molecular weight is 462 g/mol. The molecule has 0 aliphatic heterocycles. The zero-order valence-electron chi connectivity index (χ0n) is 21.1. The highest BCUT2D eigenvalue weighted by molar-refractivity contribution is 4.81. The minimum absolute atomic E-state index is 0. The molecule has 4 heteroatoms. The third kappa shape index (κ3) is 21.5. The first-order chi connectivity index (χ1) is 14.7. The molecule has 0 rings (SSSR count). The topological polar surface area (TPSA) is 40.5 Å². The predicted octanol–water partition coefficient (Wildman–Crippen LogP) is 4.02. The van der Waals surface area contributed by atoms with Gasteiger partial charge in [-0.1, -0.05) is 83.8 Å². The summed E-state index contributed by atoms with van der Waals surface area (Å²) < 4.78 is 0.913. The first kappa shape index (κ1) is 33.1. The van der Waals surface area contributed by atoms with E-state index in [4.69, 9.17) is 0 Å². The number of quaternary nitrogens is 1. The number of unbranched alkanes of at least 4 members (excludes halogenated alkanes) is 14. The van der Waals surface area contributed by atoms with Gasteiger partial charge in [0.2, 0.25) is 0 Å². The molecule has 0 heterocycles. The molecule has 0 fully saturated rings. The third-order valence-corrected chi connectivity index (χ3v) is 6.53. The second kappa shape index (κ2) is 26.2. The smallest absolute Gasteiger partial charge is 0.102 e. The Bertz CT molecular complexity index is 357. The Morgan fingerprint density at radius 1 is 0.484 bits per heavy atom. The number of hydrogen-bond donors (Lipinski definition) is 2. The van der Waals surface area contributed by atoms with Gasteiger partial charge in [-0.25, -0.2) is 0 Å². The van der Waals surface area contributed by atoms with Crippen LogP contribution >= 0.6 is 0 Å². The molecule has 0 amide bonds. The molecular weight excluding hydrogens is 406 g/mol. The van der Waals surface area contributed by atoms with Crippen molar-refractivity contribution >= 4 is 0 Å². The van der Waals surface area contributed by atoms with Crippen molar-refractivity contribution in [3.05, 3.63) is 12.2 Å². The summed E-state index contributed by atoms with van der Waals surface area (Å²) in [5.41, 5.74) is 0. The largest absolute Gasteiger partial charge is 1.00 e. The van der Waals surface area contributed by atoms with Crippen molar-refractivity contribution in [1.82, 2.24) is 0 Å². The Kier molecular flexibility index (Phi) is 27.9. The molecule has 0 atom stereocenters. The Hall–Kier alpha value is -0.0900. The fourth-order valence-corrected chi connectivity index (χ4v) is 4.49. The van der Waals surface area contributed by atoms with Gasteiger partial charge in [-0.05, 0) is 51.4 Å². The monoisotopic (exact) mass is 461 g/mol. The number of nitrogens with zero attached hydrogens (tertiary/aromatic N) is 1. The second-order valence-corrected chi connectivity index (χ2v) is 9.33. The van der Waals surface area contributed by atoms with Gasteiger partial charge in [0.15, 0.2) is 0 Å². The van der Waals surface area contributed by atoms with E-state index in [2.05, 4.69) is 26.0 Å². The quantitative estimate of drug-likeness (QED) is 0.129. The molecule has 0 aliphatic carbocycles. The molecule has 0 spiro atoms. The normalized spacial score (nSPS) is 11.9. The number of rotatable bonds is 24. The van der Waals surface area contributed by atoms with E-state index in [1.54, 1.807) is 0 Å². The number of hydrogen-bond acceptors (Lipinski definition) is 2. The minimum Gasteiger partial charge on any atom is -1.00 e. The number of aliphatic hydroxyl groups excluding tert-OH is 2. The number of allylic oxidation sites excluding steroid dienone is 2. The van der Waals surface area contributed by atoms with E-state index < -0.39 is 0 Å². The molecule has 2 N–H and O–H groups in total. The van der Waals surface area contributed by atoms with Crippen molar-refractivity contribution < 1.29 is 27.1 Å². The van der Waals surface area contributed by atoms with Crippen LogP contribution in [0.4, 0.5) is 0 Å². The predicted molar refractivity (Wildman–Crippen MR) is 133 cm³/mol. The van der Waals surface area contributed by atoms with Crippen LogP contribution < -0.4 is 12.4 Å². The number of halogens is 1. The van der Waals surface area contributed by atoms with Crippen LogP contribution in [0, 0.1) is 0 Å². The molecule has 0 aliphatic rings. The minimum atomic E-state index is 0. The molecule has 0 radical (unpaired) electrons. The van der Waals surface area contributed by atoms with Crippen LogP contribution in [0.1, 0.15) is 123 Å². The molecule has 3 nitrogen and oxygen atoms in total. The number of aliphatic hydroxyl groups is 2. The molecule has 0 aromatic carbocycles. The van der Waals surface area contributed by atoms with Gasteiger partial charge in [0.05, 0.1) is 26.3 Å². The molecular formula is C27H56ClNO2. The Morgan fingerprint density at radius 2 is 0.839 bits per heavy atom. The maximum atomic E-state index is 9.52. The van der Waals surface area contributed by atoms with Crippen molar-refractivity contribution in [1.29, 1.82) is 0 Å². The lowest BCUT2D eigenvalue weighted by molar-refractivity contribution is -0.929. The van der Waals surface area contributed by atoms with Crippen LogP contribution in [0.3, 0.4) is 0 Å². The summed E-state index contributed by atoms with van der Waals surface area (Å²) in [7, 11) is 0. The molecule has 31 heavy (non-hydrogen) atoms. The van der Waals surface area contributed by atoms with E-state index in [0.29, 0.717) is 0 Å². The van der Waals surface area contributed by atoms with Gasteiger partial charge in [0.25, 0.3) is 0 Å². The standard InChI is InChI=1S/C27H56NO2.ClH/c1-3-5-7-8-9-10-11-12-13-14-15-16-17-18-19-21-23-28(24-26-29,25-27-30)22-20-6-4-2;/h12-13,29-30H,3-11,14-27H2,1-2H3;1H/q+1;/p-1/b13-12-;. The summed E-state index contributed by atoms with van der Waals surface area (Å²) in [5, 5.41) is 19.0. The van der Waals surface area contributed by atoms with E-state index in [9.17, 15) is 10.2 Å². The molecule has 188 valence electrons. The fourth-order valence-electron chi connectivity index (χ4n) is 4.49. The zero-order valence-corrected chi connectivity index (χ0v) is 21.9. The average Bonchev–Trinajstić information content (AvgIpc) is 2.74. The van der Waals surface area contributed by atoms with Crippen molar-refractivity contribution in [3.63, 3.8) is 0 Å². The second-order valence-electron chi connectivity index (χ2n) is 9.33. The molecule has 0 bridgehead atoms. The van der Waals surface area contributed by atoms with E-state index in [-0.39, 0.29) is 25.6 Å². The van der Waals surface area contributed by atoms with E-state index >= 15 is 0 Å². The van der Waals surface area contributed by atoms with Crippen molar-refractivity contribution in [2.24, 2.45) is 0 Å². The summed E-state index contributed by atoms with van der Waals surface area (Å²) in [4.78, 5) is 0. The van der Waals surface area contributed by atoms with Crippen LogP contribution in [-0.2, 0) is 0 Å². The lowest BCUT2D eigenvalue weighted by Crippen LogP contribution is -3.00. The Balaban J connectivity index is 0. The van der Waals surface area contributed by atoms with E-state index in [0.717, 1.165) is 30.7 Å². The van der Waals surface area contributed by atoms with Gasteiger partial charge < -0.3 is 27.1 Å². The van der Waals surface area contributed by atoms with E-state index in [1.165, 1.54) is 109 Å². The van der Waals surface area contributed by atoms with Gasteiger partial charge in [0, 0.05) is 0 Å². The summed E-state index contributed by atoms with van der Waals surface area (Å²) in [6, 6.07) is 0. The fraction of sp³-hybridized carbons (Fsp3) is 0.926. The van der Waals surface area contributed by atoms with Gasteiger partial charge >= 0.3 is 0 Å². The van der Waals surface area contributed by atoms with Crippen LogP contribution in [0.25, 0.3) is 0 Å². The SMILES string of the molecule is CCCCCCCC/C=C\CCCCCCCC[N+](CCO)(CCO)CCCCC.[Cl-]. The first-order valence-electron chi connectivity index (χ1n) is 13.5. The van der Waals surface area contributed by atoms with Crippen LogP contribution in [-0.4, -0.2) is 54.1 Å².